The summed E-state index contributed by atoms with van der Waals surface area (Å²) in [6.45, 7) is 7.32. The third kappa shape index (κ3) is 2.14. The average molecular weight is 231 g/mol. The molecule has 0 spiro atoms. The Labute approximate surface area is 103 Å². The van der Waals surface area contributed by atoms with E-state index in [4.69, 9.17) is 5.73 Å². The van der Waals surface area contributed by atoms with Crippen molar-refractivity contribution >= 4 is 5.96 Å². The average Bonchev–Trinajstić information content (AvgIpc) is 2.71. The van der Waals surface area contributed by atoms with Gasteiger partial charge in [0.15, 0.2) is 5.96 Å². The minimum absolute atomic E-state index is 0.311. The van der Waals surface area contributed by atoms with Crippen LogP contribution in [0.3, 0.4) is 0 Å². The van der Waals surface area contributed by atoms with Gasteiger partial charge in [0.2, 0.25) is 0 Å². The molecular weight excluding hydrogens is 210 g/mol. The third-order valence-corrected chi connectivity index (χ3v) is 3.64. The number of aryl methyl sites for hydroxylation is 1. The van der Waals surface area contributed by atoms with Crippen molar-refractivity contribution in [3.8, 4) is 0 Å². The number of rotatable bonds is 3. The van der Waals surface area contributed by atoms with Gasteiger partial charge in [0.25, 0.3) is 0 Å². The molecule has 1 aliphatic heterocycles. The lowest BCUT2D eigenvalue weighted by atomic mass is 9.99. The molecule has 0 bridgehead atoms. The van der Waals surface area contributed by atoms with E-state index in [0.717, 1.165) is 13.0 Å². The highest BCUT2D eigenvalue weighted by Gasteiger charge is 2.30. The maximum atomic E-state index is 6.01. The van der Waals surface area contributed by atoms with Crippen LogP contribution in [-0.4, -0.2) is 23.4 Å². The summed E-state index contributed by atoms with van der Waals surface area (Å²) in [7, 11) is 0. The molecule has 2 unspecified atom stereocenters. The quantitative estimate of drug-likeness (QED) is 0.868. The molecule has 1 aromatic carbocycles. The van der Waals surface area contributed by atoms with Crippen LogP contribution in [0, 0.1) is 6.92 Å². The lowest BCUT2D eigenvalue weighted by Crippen LogP contribution is -2.42. The van der Waals surface area contributed by atoms with Gasteiger partial charge in [-0.25, -0.2) is 0 Å². The van der Waals surface area contributed by atoms with E-state index >= 15 is 0 Å². The number of hydrogen-bond acceptors (Lipinski definition) is 3. The Morgan fingerprint density at radius 3 is 2.82 bits per heavy atom. The molecule has 0 saturated heterocycles. The second-order valence-corrected chi connectivity index (χ2v) is 4.74. The summed E-state index contributed by atoms with van der Waals surface area (Å²) in [5, 5.41) is 0. The molecule has 0 aliphatic carbocycles. The van der Waals surface area contributed by atoms with Crippen LogP contribution in [0.4, 0.5) is 0 Å². The fourth-order valence-electron chi connectivity index (χ4n) is 2.45. The summed E-state index contributed by atoms with van der Waals surface area (Å²) in [6, 6.07) is 9.25. The first-order valence-corrected chi connectivity index (χ1v) is 6.29. The van der Waals surface area contributed by atoms with Crippen molar-refractivity contribution in [2.24, 2.45) is 10.7 Å². The van der Waals surface area contributed by atoms with E-state index in [1.165, 1.54) is 11.1 Å². The summed E-state index contributed by atoms with van der Waals surface area (Å²) in [5.74, 6) is 0.688. The zero-order valence-corrected chi connectivity index (χ0v) is 10.9. The third-order valence-electron chi connectivity index (χ3n) is 3.64. The first-order chi connectivity index (χ1) is 8.15. The van der Waals surface area contributed by atoms with E-state index in [-0.39, 0.29) is 0 Å². The molecule has 1 heterocycles. The summed E-state index contributed by atoms with van der Waals surface area (Å²) in [6.07, 6.45) is 1.08. The molecule has 0 fully saturated rings. The van der Waals surface area contributed by atoms with Crippen molar-refractivity contribution in [2.75, 3.05) is 6.54 Å². The van der Waals surface area contributed by atoms with Crippen LogP contribution < -0.4 is 5.73 Å². The van der Waals surface area contributed by atoms with E-state index in [1.807, 2.05) is 0 Å². The maximum Gasteiger partial charge on any atom is 0.192 e. The van der Waals surface area contributed by atoms with Gasteiger partial charge >= 0.3 is 0 Å². The Bertz CT molecular complexity index is 425. The van der Waals surface area contributed by atoms with Crippen molar-refractivity contribution < 1.29 is 0 Å². The van der Waals surface area contributed by atoms with Gasteiger partial charge in [-0.1, -0.05) is 31.2 Å². The molecule has 92 valence electrons. The lowest BCUT2D eigenvalue weighted by molar-refractivity contribution is 0.268. The van der Waals surface area contributed by atoms with Gasteiger partial charge < -0.3 is 10.6 Å². The number of hydrogen-bond donors (Lipinski definition) is 1. The normalized spacial score (nSPS) is 21.5. The minimum atomic E-state index is 0.311. The highest BCUT2D eigenvalue weighted by atomic mass is 15.3. The number of nitrogens with zero attached hydrogens (tertiary/aromatic N) is 2. The monoisotopic (exact) mass is 231 g/mol. The molecule has 2 N–H and O–H groups in total. The fraction of sp³-hybridized carbons (Fsp3) is 0.500. The van der Waals surface area contributed by atoms with Crippen molar-refractivity contribution in [2.45, 2.75) is 39.3 Å². The Balaban J connectivity index is 2.31. The van der Waals surface area contributed by atoms with Crippen LogP contribution in [0.1, 0.15) is 37.4 Å². The predicted octanol–water partition coefficient (Wildman–Crippen LogP) is 2.46. The molecule has 1 aromatic rings. The molecule has 1 aliphatic rings. The van der Waals surface area contributed by atoms with Crippen LogP contribution in [0.5, 0.6) is 0 Å². The standard InChI is InChI=1S/C14H21N3/c1-4-11(3)17-13(9-16-14(17)15)12-8-6-5-7-10(12)2/h5-8,11,13H,4,9H2,1-3H3,(H2,15,16). The molecule has 2 rings (SSSR count). The second kappa shape index (κ2) is 4.78. The van der Waals surface area contributed by atoms with Gasteiger partial charge in [0.05, 0.1) is 12.6 Å². The Morgan fingerprint density at radius 2 is 2.18 bits per heavy atom. The SMILES string of the molecule is CCC(C)N1C(N)=NCC1c1ccccc1C. The summed E-state index contributed by atoms with van der Waals surface area (Å²) < 4.78 is 0. The molecule has 0 amide bonds. The maximum absolute atomic E-state index is 6.01. The molecule has 0 radical (unpaired) electrons. The van der Waals surface area contributed by atoms with Gasteiger partial charge in [0.1, 0.15) is 0 Å². The van der Waals surface area contributed by atoms with Gasteiger partial charge in [-0.15, -0.1) is 0 Å². The Kier molecular flexibility index (Phi) is 3.36. The summed E-state index contributed by atoms with van der Waals surface area (Å²) in [5.41, 5.74) is 8.67. The Morgan fingerprint density at radius 1 is 1.47 bits per heavy atom. The molecule has 0 aromatic heterocycles. The Hall–Kier alpha value is -1.51. The summed E-state index contributed by atoms with van der Waals surface area (Å²) >= 11 is 0. The number of aliphatic imine (C=N–C) groups is 1. The molecule has 0 saturated carbocycles. The highest BCUT2D eigenvalue weighted by Crippen LogP contribution is 2.30. The van der Waals surface area contributed by atoms with Crippen LogP contribution in [0.25, 0.3) is 0 Å². The first-order valence-electron chi connectivity index (χ1n) is 6.29. The molecule has 3 nitrogen and oxygen atoms in total. The summed E-state index contributed by atoms with van der Waals surface area (Å²) in [4.78, 5) is 6.66. The van der Waals surface area contributed by atoms with Gasteiger partial charge in [-0.3, -0.25) is 4.99 Å². The molecular formula is C14H21N3. The van der Waals surface area contributed by atoms with Crippen molar-refractivity contribution in [1.29, 1.82) is 0 Å². The van der Waals surface area contributed by atoms with Gasteiger partial charge in [0, 0.05) is 6.04 Å². The van der Waals surface area contributed by atoms with E-state index in [1.54, 1.807) is 0 Å². The lowest BCUT2D eigenvalue weighted by Gasteiger charge is -2.32. The highest BCUT2D eigenvalue weighted by molar-refractivity contribution is 5.80. The van der Waals surface area contributed by atoms with Crippen LogP contribution in [0.2, 0.25) is 0 Å². The van der Waals surface area contributed by atoms with Gasteiger partial charge in [-0.2, -0.15) is 0 Å². The largest absolute Gasteiger partial charge is 0.370 e. The van der Waals surface area contributed by atoms with Crippen LogP contribution >= 0.6 is 0 Å². The zero-order valence-electron chi connectivity index (χ0n) is 10.9. The predicted molar refractivity (Wildman–Crippen MR) is 72.0 cm³/mol. The van der Waals surface area contributed by atoms with E-state index in [2.05, 4.69) is 54.9 Å². The van der Waals surface area contributed by atoms with E-state index < -0.39 is 0 Å². The molecule has 17 heavy (non-hydrogen) atoms. The fourth-order valence-corrected chi connectivity index (χ4v) is 2.45. The second-order valence-electron chi connectivity index (χ2n) is 4.74. The van der Waals surface area contributed by atoms with Crippen LogP contribution in [0.15, 0.2) is 29.3 Å². The number of nitrogens with two attached hydrogens (primary N) is 1. The van der Waals surface area contributed by atoms with Crippen molar-refractivity contribution in [3.05, 3.63) is 35.4 Å². The molecule has 2 atom stereocenters. The van der Waals surface area contributed by atoms with E-state index in [9.17, 15) is 0 Å². The number of benzene rings is 1. The zero-order chi connectivity index (χ0) is 12.4. The van der Waals surface area contributed by atoms with Gasteiger partial charge in [-0.05, 0) is 31.4 Å². The van der Waals surface area contributed by atoms with Crippen molar-refractivity contribution in [3.63, 3.8) is 0 Å². The smallest absolute Gasteiger partial charge is 0.192 e. The van der Waals surface area contributed by atoms with Crippen molar-refractivity contribution in [1.82, 2.24) is 4.90 Å². The molecule has 3 heteroatoms. The van der Waals surface area contributed by atoms with Crippen LogP contribution in [-0.2, 0) is 0 Å². The minimum Gasteiger partial charge on any atom is -0.370 e. The first kappa shape index (κ1) is 12.0. The topological polar surface area (TPSA) is 41.6 Å². The number of guanidine groups is 1. The van der Waals surface area contributed by atoms with E-state index in [0.29, 0.717) is 18.0 Å².